The summed E-state index contributed by atoms with van der Waals surface area (Å²) in [4.78, 5) is 17.5. The van der Waals surface area contributed by atoms with E-state index in [1.165, 1.54) is 29.1 Å². The molecular weight excluding hydrogens is 472 g/mol. The third-order valence-corrected chi connectivity index (χ3v) is 8.35. The molecular formula is C31H38N6O. The van der Waals surface area contributed by atoms with Crippen molar-refractivity contribution in [2.75, 3.05) is 45.2 Å². The lowest BCUT2D eigenvalue weighted by Crippen LogP contribution is -2.45. The van der Waals surface area contributed by atoms with E-state index in [2.05, 4.69) is 93.9 Å². The highest BCUT2D eigenvalue weighted by molar-refractivity contribution is 5.53. The van der Waals surface area contributed by atoms with Crippen LogP contribution >= 0.6 is 0 Å². The predicted molar refractivity (Wildman–Crippen MR) is 152 cm³/mol. The molecule has 2 aliphatic rings. The minimum atomic E-state index is 0.195. The number of nitrogens with zero attached hydrogens (tertiary/aromatic N) is 6. The van der Waals surface area contributed by atoms with Crippen molar-refractivity contribution in [3.05, 3.63) is 89.5 Å². The number of likely N-dealkylation sites (N-methyl/N-ethyl adjacent to an activating group) is 1. The molecule has 1 saturated heterocycles. The van der Waals surface area contributed by atoms with Gasteiger partial charge in [-0.15, -0.1) is 0 Å². The fourth-order valence-corrected chi connectivity index (χ4v) is 6.10. The van der Waals surface area contributed by atoms with Crippen LogP contribution in [0.3, 0.4) is 0 Å². The third-order valence-electron chi connectivity index (χ3n) is 8.35. The highest BCUT2D eigenvalue weighted by atomic mass is 16.5. The summed E-state index contributed by atoms with van der Waals surface area (Å²) >= 11 is 0. The third kappa shape index (κ3) is 4.88. The summed E-state index contributed by atoms with van der Waals surface area (Å²) in [6, 6.07) is 19.7. The van der Waals surface area contributed by atoms with Gasteiger partial charge in [-0.1, -0.05) is 24.3 Å². The summed E-state index contributed by atoms with van der Waals surface area (Å²) in [6.07, 6.45) is 7.57. The van der Waals surface area contributed by atoms with E-state index in [-0.39, 0.29) is 12.1 Å². The fraction of sp³-hybridized carbons (Fsp3) is 0.419. The molecule has 0 radical (unpaired) electrons. The molecule has 0 amide bonds. The van der Waals surface area contributed by atoms with Gasteiger partial charge >= 0.3 is 0 Å². The molecule has 0 spiro atoms. The highest BCUT2D eigenvalue weighted by Crippen LogP contribution is 2.39. The second kappa shape index (κ2) is 10.8. The molecule has 7 heteroatoms. The number of ether oxygens (including phenoxy) is 1. The largest absolute Gasteiger partial charge is 0.497 e. The smallest absolute Gasteiger partial charge is 0.138 e. The Bertz CT molecular complexity index is 1370. The van der Waals surface area contributed by atoms with E-state index in [0.717, 1.165) is 62.7 Å². The number of aryl methyl sites for hydroxylation is 1. The van der Waals surface area contributed by atoms with Crippen LogP contribution in [0, 0.1) is 0 Å². The van der Waals surface area contributed by atoms with Gasteiger partial charge in [-0.05, 0) is 74.7 Å². The Labute approximate surface area is 225 Å². The zero-order chi connectivity index (χ0) is 26.1. The summed E-state index contributed by atoms with van der Waals surface area (Å²) in [5, 5.41) is 0. The van der Waals surface area contributed by atoms with Gasteiger partial charge in [0.2, 0.25) is 0 Å². The highest BCUT2D eigenvalue weighted by Gasteiger charge is 2.31. The molecule has 1 aliphatic carbocycles. The summed E-state index contributed by atoms with van der Waals surface area (Å²) in [6.45, 7) is 7.31. The van der Waals surface area contributed by atoms with Gasteiger partial charge in [-0.2, -0.15) is 0 Å². The minimum Gasteiger partial charge on any atom is -0.497 e. The lowest BCUT2D eigenvalue weighted by atomic mass is 9.89. The summed E-state index contributed by atoms with van der Waals surface area (Å²) < 4.78 is 7.71. The quantitative estimate of drug-likeness (QED) is 0.344. The normalized spacial score (nSPS) is 19.1. The van der Waals surface area contributed by atoms with E-state index in [1.54, 1.807) is 7.11 Å². The van der Waals surface area contributed by atoms with E-state index < -0.39 is 0 Å². The topological polar surface area (TPSA) is 49.1 Å². The molecule has 1 aromatic carbocycles. The molecule has 0 bridgehead atoms. The number of hydrogen-bond acceptors (Lipinski definition) is 6. The van der Waals surface area contributed by atoms with Crippen molar-refractivity contribution in [1.82, 2.24) is 24.2 Å². The Hall–Kier alpha value is -3.42. The molecule has 198 valence electrons. The maximum atomic E-state index is 5.43. The Morgan fingerprint density at radius 3 is 2.63 bits per heavy atom. The first-order valence-electron chi connectivity index (χ1n) is 13.8. The van der Waals surface area contributed by atoms with Crippen molar-refractivity contribution < 1.29 is 4.74 Å². The molecule has 3 aromatic heterocycles. The number of anilines is 1. The van der Waals surface area contributed by atoms with Crippen molar-refractivity contribution in [2.24, 2.45) is 0 Å². The Morgan fingerprint density at radius 2 is 1.84 bits per heavy atom. The number of benzene rings is 1. The maximum Gasteiger partial charge on any atom is 0.138 e. The average Bonchev–Trinajstić information content (AvgIpc) is 3.39. The van der Waals surface area contributed by atoms with Gasteiger partial charge in [0.05, 0.1) is 24.5 Å². The molecule has 1 aliphatic heterocycles. The molecule has 0 N–H and O–H groups in total. The predicted octanol–water partition coefficient (Wildman–Crippen LogP) is 5.13. The Balaban J connectivity index is 1.35. The molecule has 0 saturated carbocycles. The van der Waals surface area contributed by atoms with E-state index in [9.17, 15) is 0 Å². The van der Waals surface area contributed by atoms with E-state index in [1.807, 2.05) is 6.20 Å². The first-order valence-corrected chi connectivity index (χ1v) is 13.8. The van der Waals surface area contributed by atoms with Crippen LogP contribution in [0.2, 0.25) is 0 Å². The van der Waals surface area contributed by atoms with Gasteiger partial charge in [0.15, 0.2) is 0 Å². The number of aromatic nitrogens is 3. The average molecular weight is 511 g/mol. The van der Waals surface area contributed by atoms with Crippen molar-refractivity contribution in [2.45, 2.75) is 44.8 Å². The van der Waals surface area contributed by atoms with Gasteiger partial charge < -0.3 is 14.5 Å². The summed E-state index contributed by atoms with van der Waals surface area (Å²) in [5.41, 5.74) is 5.98. The van der Waals surface area contributed by atoms with Gasteiger partial charge in [-0.3, -0.25) is 14.3 Å². The van der Waals surface area contributed by atoms with Crippen molar-refractivity contribution in [3.8, 4) is 5.75 Å². The van der Waals surface area contributed by atoms with Gasteiger partial charge in [0, 0.05) is 51.2 Å². The second-order valence-corrected chi connectivity index (χ2v) is 10.7. The van der Waals surface area contributed by atoms with Crippen LogP contribution < -0.4 is 9.64 Å². The minimum absolute atomic E-state index is 0.195. The summed E-state index contributed by atoms with van der Waals surface area (Å²) in [7, 11) is 3.92. The molecule has 38 heavy (non-hydrogen) atoms. The zero-order valence-corrected chi connectivity index (χ0v) is 22.8. The van der Waals surface area contributed by atoms with Crippen LogP contribution in [0.25, 0.3) is 5.65 Å². The number of rotatable bonds is 7. The molecule has 0 unspecified atom stereocenters. The van der Waals surface area contributed by atoms with Gasteiger partial charge in [0.1, 0.15) is 17.2 Å². The lowest BCUT2D eigenvalue weighted by Gasteiger charge is -2.38. The van der Waals surface area contributed by atoms with Crippen molar-refractivity contribution in [3.63, 3.8) is 0 Å². The van der Waals surface area contributed by atoms with Gasteiger partial charge in [-0.25, -0.2) is 4.98 Å². The number of imidazole rings is 1. The zero-order valence-electron chi connectivity index (χ0n) is 22.8. The molecule has 7 nitrogen and oxygen atoms in total. The van der Waals surface area contributed by atoms with Crippen LogP contribution in [0.15, 0.2) is 67.0 Å². The van der Waals surface area contributed by atoms with Crippen molar-refractivity contribution in [1.29, 1.82) is 0 Å². The van der Waals surface area contributed by atoms with Crippen LogP contribution in [0.4, 0.5) is 5.82 Å². The number of methoxy groups -OCH3 is 1. The first-order chi connectivity index (χ1) is 18.6. The van der Waals surface area contributed by atoms with E-state index in [0.29, 0.717) is 0 Å². The number of piperazine rings is 1. The fourth-order valence-electron chi connectivity index (χ4n) is 6.10. The van der Waals surface area contributed by atoms with E-state index >= 15 is 0 Å². The lowest BCUT2D eigenvalue weighted by molar-refractivity contribution is 0.115. The van der Waals surface area contributed by atoms with Crippen LogP contribution in [0.1, 0.15) is 54.4 Å². The van der Waals surface area contributed by atoms with Crippen LogP contribution in [0.5, 0.6) is 5.75 Å². The van der Waals surface area contributed by atoms with Crippen LogP contribution in [-0.4, -0.2) is 64.5 Å². The Morgan fingerprint density at radius 1 is 1.03 bits per heavy atom. The summed E-state index contributed by atoms with van der Waals surface area (Å²) in [5.74, 6) is 2.11. The standard InChI is InChI=1S/C31H38N6O/c1-23(24-12-14-27(38-3)15-13-24)36(28-9-4-7-25-8-6-16-32-31(25)28)21-26-22-37-29(33-26)10-5-11-30(37)35-19-17-34(2)18-20-35/h5-6,8,10-16,22-23,28H,4,7,9,17-21H2,1-3H3/t23-,28-/m1/s1. The van der Waals surface area contributed by atoms with Crippen LogP contribution in [-0.2, 0) is 13.0 Å². The second-order valence-electron chi connectivity index (χ2n) is 10.7. The monoisotopic (exact) mass is 510 g/mol. The van der Waals surface area contributed by atoms with Gasteiger partial charge in [0.25, 0.3) is 0 Å². The molecule has 2 atom stereocenters. The first kappa shape index (κ1) is 24.9. The molecule has 6 rings (SSSR count). The number of pyridine rings is 2. The molecule has 4 aromatic rings. The number of fused-ring (bicyclic) bond motifs is 2. The molecule has 4 heterocycles. The Kier molecular flexibility index (Phi) is 7.04. The number of hydrogen-bond donors (Lipinski definition) is 0. The molecule has 1 fully saturated rings. The SMILES string of the molecule is COc1ccc([C@@H](C)N(Cc2cn3c(N4CCN(C)CC4)cccc3n2)[C@@H]2CCCc3cccnc32)cc1. The van der Waals surface area contributed by atoms with E-state index in [4.69, 9.17) is 14.7 Å². The van der Waals surface area contributed by atoms with Crippen molar-refractivity contribution >= 4 is 11.5 Å². The maximum absolute atomic E-state index is 5.43.